The lowest BCUT2D eigenvalue weighted by molar-refractivity contribution is 0.392. The minimum Gasteiger partial charge on any atom is -0.496 e. The highest BCUT2D eigenvalue weighted by molar-refractivity contribution is 9.10. The zero-order valence-electron chi connectivity index (χ0n) is 11.3. The molecule has 1 heterocycles. The molecule has 0 amide bonds. The molecular formula is C13H16BrN3OS. The van der Waals surface area contributed by atoms with Crippen molar-refractivity contribution in [1.29, 1.82) is 0 Å². The Morgan fingerprint density at radius 3 is 2.63 bits per heavy atom. The topological polar surface area (TPSA) is 42.8 Å². The third-order valence-corrected chi connectivity index (χ3v) is 3.51. The zero-order valence-corrected chi connectivity index (χ0v) is 13.7. The van der Waals surface area contributed by atoms with E-state index in [0.29, 0.717) is 4.77 Å². The summed E-state index contributed by atoms with van der Waals surface area (Å²) >= 11 is 8.76. The average Bonchev–Trinajstić information content (AvgIpc) is 2.70. The lowest BCUT2D eigenvalue weighted by Gasteiger charge is -2.23. The molecule has 1 aromatic heterocycles. The molecule has 0 aliphatic heterocycles. The normalized spacial score (nSPS) is 11.6. The van der Waals surface area contributed by atoms with Crippen LogP contribution in [-0.4, -0.2) is 21.9 Å². The van der Waals surface area contributed by atoms with Crippen LogP contribution in [0, 0.1) is 4.77 Å². The number of halogens is 1. The van der Waals surface area contributed by atoms with Gasteiger partial charge in [0.1, 0.15) is 5.75 Å². The quantitative estimate of drug-likeness (QED) is 0.835. The van der Waals surface area contributed by atoms with Gasteiger partial charge in [-0.15, -0.1) is 0 Å². The van der Waals surface area contributed by atoms with Crippen LogP contribution in [0.15, 0.2) is 22.7 Å². The lowest BCUT2D eigenvalue weighted by Crippen LogP contribution is -2.23. The maximum absolute atomic E-state index is 5.43. The Hall–Kier alpha value is -1.14. The molecule has 102 valence electrons. The number of ether oxygens (including phenoxy) is 1. The van der Waals surface area contributed by atoms with Gasteiger partial charge in [0.2, 0.25) is 0 Å². The number of hydrogen-bond donors (Lipinski definition) is 1. The third kappa shape index (κ3) is 2.74. The Morgan fingerprint density at radius 1 is 1.37 bits per heavy atom. The molecule has 0 atom stereocenters. The van der Waals surface area contributed by atoms with Gasteiger partial charge in [0.05, 0.1) is 12.7 Å². The first-order valence-electron chi connectivity index (χ1n) is 5.86. The van der Waals surface area contributed by atoms with Gasteiger partial charge in [-0.1, -0.05) is 15.9 Å². The number of aromatic nitrogens is 3. The summed E-state index contributed by atoms with van der Waals surface area (Å²) in [5.74, 6) is 1.54. The largest absolute Gasteiger partial charge is 0.496 e. The van der Waals surface area contributed by atoms with E-state index in [-0.39, 0.29) is 5.54 Å². The van der Waals surface area contributed by atoms with Gasteiger partial charge in [0.25, 0.3) is 0 Å². The number of nitrogens with zero attached hydrogens (tertiary/aromatic N) is 2. The average molecular weight is 342 g/mol. The van der Waals surface area contributed by atoms with Crippen molar-refractivity contribution in [3.05, 3.63) is 27.4 Å². The molecule has 0 radical (unpaired) electrons. The van der Waals surface area contributed by atoms with Gasteiger partial charge in [-0.05, 0) is 51.2 Å². The Balaban J connectivity index is 2.70. The van der Waals surface area contributed by atoms with Crippen LogP contribution < -0.4 is 4.74 Å². The number of nitrogens with one attached hydrogen (secondary N) is 1. The molecule has 0 fully saturated rings. The van der Waals surface area contributed by atoms with Crippen molar-refractivity contribution in [1.82, 2.24) is 14.8 Å². The van der Waals surface area contributed by atoms with Gasteiger partial charge in [-0.25, -0.2) is 0 Å². The fraction of sp³-hybridized carbons (Fsp3) is 0.385. The molecule has 2 rings (SSSR count). The van der Waals surface area contributed by atoms with Crippen molar-refractivity contribution in [2.75, 3.05) is 7.11 Å². The van der Waals surface area contributed by atoms with Crippen LogP contribution in [0.1, 0.15) is 20.8 Å². The summed E-state index contributed by atoms with van der Waals surface area (Å²) < 4.78 is 8.99. The van der Waals surface area contributed by atoms with Crippen LogP contribution >= 0.6 is 28.1 Å². The molecule has 4 nitrogen and oxygen atoms in total. The second kappa shape index (κ2) is 5.09. The van der Waals surface area contributed by atoms with E-state index in [9.17, 15) is 0 Å². The number of hydrogen-bond acceptors (Lipinski definition) is 3. The van der Waals surface area contributed by atoms with Crippen molar-refractivity contribution >= 4 is 28.1 Å². The minimum atomic E-state index is -0.155. The van der Waals surface area contributed by atoms with Crippen LogP contribution in [-0.2, 0) is 5.54 Å². The fourth-order valence-corrected chi connectivity index (χ4v) is 2.70. The van der Waals surface area contributed by atoms with Crippen LogP contribution in [0.2, 0.25) is 0 Å². The highest BCUT2D eigenvalue weighted by Gasteiger charge is 2.22. The third-order valence-electron chi connectivity index (χ3n) is 2.75. The number of aromatic amines is 1. The van der Waals surface area contributed by atoms with Gasteiger partial charge >= 0.3 is 0 Å². The molecular weight excluding hydrogens is 326 g/mol. The van der Waals surface area contributed by atoms with E-state index in [1.54, 1.807) is 7.11 Å². The molecule has 0 saturated heterocycles. The number of rotatable bonds is 2. The molecule has 19 heavy (non-hydrogen) atoms. The molecule has 0 aliphatic carbocycles. The minimum absolute atomic E-state index is 0.155. The van der Waals surface area contributed by atoms with E-state index in [1.165, 1.54) is 0 Å². The summed E-state index contributed by atoms with van der Waals surface area (Å²) in [6, 6.07) is 5.85. The monoisotopic (exact) mass is 341 g/mol. The molecule has 0 unspecified atom stereocenters. The van der Waals surface area contributed by atoms with Gasteiger partial charge in [-0.3, -0.25) is 9.67 Å². The van der Waals surface area contributed by atoms with E-state index in [0.717, 1.165) is 21.6 Å². The predicted molar refractivity (Wildman–Crippen MR) is 82.1 cm³/mol. The second-order valence-corrected chi connectivity index (χ2v) is 6.51. The van der Waals surface area contributed by atoms with Crippen LogP contribution in [0.3, 0.4) is 0 Å². The highest BCUT2D eigenvalue weighted by Crippen LogP contribution is 2.33. The van der Waals surface area contributed by atoms with Crippen molar-refractivity contribution in [3.8, 4) is 17.1 Å². The molecule has 0 bridgehead atoms. The second-order valence-electron chi connectivity index (χ2n) is 5.20. The van der Waals surface area contributed by atoms with Crippen molar-refractivity contribution < 1.29 is 4.74 Å². The van der Waals surface area contributed by atoms with Gasteiger partial charge in [-0.2, -0.15) is 5.10 Å². The number of benzene rings is 1. The predicted octanol–water partition coefficient (Wildman–Crippen LogP) is 4.13. The van der Waals surface area contributed by atoms with E-state index < -0.39 is 0 Å². The Bertz CT molecular complexity index is 655. The summed E-state index contributed by atoms with van der Waals surface area (Å²) in [6.45, 7) is 6.27. The zero-order chi connectivity index (χ0) is 14.2. The molecule has 1 N–H and O–H groups in total. The first-order valence-corrected chi connectivity index (χ1v) is 7.06. The Labute approximate surface area is 125 Å². The van der Waals surface area contributed by atoms with Crippen LogP contribution in [0.25, 0.3) is 11.4 Å². The van der Waals surface area contributed by atoms with Crippen LogP contribution in [0.5, 0.6) is 5.75 Å². The summed E-state index contributed by atoms with van der Waals surface area (Å²) in [5.41, 5.74) is 0.755. The van der Waals surface area contributed by atoms with Crippen molar-refractivity contribution in [2.45, 2.75) is 26.3 Å². The summed E-state index contributed by atoms with van der Waals surface area (Å²) in [6.07, 6.45) is 0. The van der Waals surface area contributed by atoms with Crippen molar-refractivity contribution in [3.63, 3.8) is 0 Å². The molecule has 6 heteroatoms. The molecule has 0 aliphatic rings. The lowest BCUT2D eigenvalue weighted by atomic mass is 10.1. The summed E-state index contributed by atoms with van der Waals surface area (Å²) in [7, 11) is 1.65. The first-order chi connectivity index (χ1) is 8.84. The van der Waals surface area contributed by atoms with Gasteiger partial charge < -0.3 is 4.74 Å². The molecule has 1 aromatic carbocycles. The fourth-order valence-electron chi connectivity index (χ4n) is 1.95. The van der Waals surface area contributed by atoms with E-state index >= 15 is 0 Å². The summed E-state index contributed by atoms with van der Waals surface area (Å²) in [5, 5.41) is 7.20. The van der Waals surface area contributed by atoms with E-state index in [2.05, 4.69) is 46.9 Å². The van der Waals surface area contributed by atoms with Gasteiger partial charge in [0.15, 0.2) is 10.6 Å². The van der Waals surface area contributed by atoms with Gasteiger partial charge in [0, 0.05) is 10.0 Å². The summed E-state index contributed by atoms with van der Waals surface area (Å²) in [4.78, 5) is 0. The standard InChI is InChI=1S/C13H16BrN3OS/c1-13(2,3)17-11(15-16-12(17)19)9-6-5-8(14)7-10(9)18-4/h5-7H,1-4H3,(H,16,19). The van der Waals surface area contributed by atoms with E-state index in [1.807, 2.05) is 22.8 Å². The van der Waals surface area contributed by atoms with Crippen LogP contribution in [0.4, 0.5) is 0 Å². The first kappa shape index (κ1) is 14.3. The Morgan fingerprint density at radius 2 is 2.05 bits per heavy atom. The maximum atomic E-state index is 5.43. The smallest absolute Gasteiger partial charge is 0.195 e. The molecule has 0 spiro atoms. The molecule has 2 aromatic rings. The number of H-pyrrole nitrogens is 1. The molecule has 0 saturated carbocycles. The Kier molecular flexibility index (Phi) is 3.82. The number of methoxy groups -OCH3 is 1. The van der Waals surface area contributed by atoms with E-state index in [4.69, 9.17) is 17.0 Å². The maximum Gasteiger partial charge on any atom is 0.195 e. The van der Waals surface area contributed by atoms with Crippen molar-refractivity contribution in [2.24, 2.45) is 0 Å². The SMILES string of the molecule is COc1cc(Br)ccc1-c1n[nH]c(=S)n1C(C)(C)C. The highest BCUT2D eigenvalue weighted by atomic mass is 79.9.